The number of aliphatic hydroxyl groups is 1. The van der Waals surface area contributed by atoms with Gasteiger partial charge in [0, 0.05) is 19.7 Å². The summed E-state index contributed by atoms with van der Waals surface area (Å²) in [5.41, 5.74) is 0.655. The molecule has 0 aromatic heterocycles. The fraction of sp³-hybridized carbons (Fsp3) is 0.533. The number of aliphatic imine (C=N–C) groups is 1. The molecular formula is C15H22FN3O2. The first kappa shape index (κ1) is 15.7. The van der Waals surface area contributed by atoms with Crippen molar-refractivity contribution in [3.05, 3.63) is 35.6 Å². The monoisotopic (exact) mass is 295 g/mol. The summed E-state index contributed by atoms with van der Waals surface area (Å²) in [6, 6.07) is 6.29. The number of rotatable bonds is 7. The van der Waals surface area contributed by atoms with Gasteiger partial charge in [0.2, 0.25) is 0 Å². The SMILES string of the molecule is COCCNC(=NCC(O)c1ccc(F)cc1)NC1CC1. The Labute approximate surface area is 124 Å². The summed E-state index contributed by atoms with van der Waals surface area (Å²) < 4.78 is 17.8. The number of halogens is 1. The van der Waals surface area contributed by atoms with Crippen LogP contribution in [0.5, 0.6) is 0 Å². The zero-order valence-corrected chi connectivity index (χ0v) is 12.2. The van der Waals surface area contributed by atoms with E-state index in [1.54, 1.807) is 19.2 Å². The number of aliphatic hydroxyl groups excluding tert-OH is 1. The predicted molar refractivity (Wildman–Crippen MR) is 79.7 cm³/mol. The highest BCUT2D eigenvalue weighted by molar-refractivity contribution is 5.80. The van der Waals surface area contributed by atoms with Gasteiger partial charge in [-0.05, 0) is 30.5 Å². The zero-order valence-electron chi connectivity index (χ0n) is 12.2. The van der Waals surface area contributed by atoms with Crippen molar-refractivity contribution < 1.29 is 14.2 Å². The molecule has 1 aromatic carbocycles. The Morgan fingerprint density at radius 2 is 2.14 bits per heavy atom. The van der Waals surface area contributed by atoms with E-state index < -0.39 is 6.10 Å². The second-order valence-corrected chi connectivity index (χ2v) is 5.09. The molecule has 1 unspecified atom stereocenters. The Balaban J connectivity index is 1.88. The van der Waals surface area contributed by atoms with Crippen molar-refractivity contribution in [2.75, 3.05) is 26.8 Å². The quantitative estimate of drug-likeness (QED) is 0.402. The molecule has 0 aliphatic heterocycles. The Bertz CT molecular complexity index is 460. The third-order valence-corrected chi connectivity index (χ3v) is 3.19. The fourth-order valence-corrected chi connectivity index (χ4v) is 1.81. The van der Waals surface area contributed by atoms with Gasteiger partial charge >= 0.3 is 0 Å². The minimum atomic E-state index is -0.745. The highest BCUT2D eigenvalue weighted by Crippen LogP contribution is 2.18. The topological polar surface area (TPSA) is 65.9 Å². The van der Waals surface area contributed by atoms with Crippen molar-refractivity contribution in [2.45, 2.75) is 25.0 Å². The van der Waals surface area contributed by atoms with Crippen LogP contribution in [-0.2, 0) is 4.74 Å². The van der Waals surface area contributed by atoms with E-state index in [0.717, 1.165) is 12.8 Å². The highest BCUT2D eigenvalue weighted by Gasteiger charge is 2.22. The van der Waals surface area contributed by atoms with Gasteiger partial charge in [0.25, 0.3) is 0 Å². The lowest BCUT2D eigenvalue weighted by Crippen LogP contribution is -2.40. The van der Waals surface area contributed by atoms with Gasteiger partial charge in [-0.2, -0.15) is 0 Å². The van der Waals surface area contributed by atoms with Crippen molar-refractivity contribution >= 4 is 5.96 Å². The molecule has 0 saturated heterocycles. The van der Waals surface area contributed by atoms with Crippen LogP contribution in [0, 0.1) is 5.82 Å². The molecule has 2 rings (SSSR count). The molecule has 0 amide bonds. The Morgan fingerprint density at radius 1 is 1.43 bits per heavy atom. The third kappa shape index (κ3) is 5.69. The summed E-state index contributed by atoms with van der Waals surface area (Å²) >= 11 is 0. The van der Waals surface area contributed by atoms with Crippen molar-refractivity contribution in [1.29, 1.82) is 0 Å². The van der Waals surface area contributed by atoms with Crippen LogP contribution in [-0.4, -0.2) is 43.9 Å². The maximum atomic E-state index is 12.8. The number of guanidine groups is 1. The molecule has 0 bridgehead atoms. The van der Waals surface area contributed by atoms with Crippen LogP contribution in [0.2, 0.25) is 0 Å². The lowest BCUT2D eigenvalue weighted by atomic mass is 10.1. The molecule has 6 heteroatoms. The number of hydrogen-bond donors (Lipinski definition) is 3. The highest BCUT2D eigenvalue weighted by atomic mass is 19.1. The first-order chi connectivity index (χ1) is 10.2. The van der Waals surface area contributed by atoms with E-state index in [1.165, 1.54) is 12.1 Å². The summed E-state index contributed by atoms with van der Waals surface area (Å²) in [4.78, 5) is 4.37. The van der Waals surface area contributed by atoms with Crippen LogP contribution in [0.3, 0.4) is 0 Å². The van der Waals surface area contributed by atoms with Crippen molar-refractivity contribution in [3.63, 3.8) is 0 Å². The molecule has 0 spiro atoms. The van der Waals surface area contributed by atoms with E-state index in [0.29, 0.717) is 30.7 Å². The summed E-state index contributed by atoms with van der Waals surface area (Å²) in [6.07, 6.45) is 1.54. The average molecular weight is 295 g/mol. The van der Waals surface area contributed by atoms with Crippen molar-refractivity contribution in [1.82, 2.24) is 10.6 Å². The van der Waals surface area contributed by atoms with Gasteiger partial charge in [0.1, 0.15) is 5.82 Å². The predicted octanol–water partition coefficient (Wildman–Crippen LogP) is 1.20. The van der Waals surface area contributed by atoms with Crippen LogP contribution in [0.4, 0.5) is 4.39 Å². The summed E-state index contributed by atoms with van der Waals surface area (Å²) in [6.45, 7) is 1.47. The molecule has 1 fully saturated rings. The summed E-state index contributed by atoms with van der Waals surface area (Å²) in [5.74, 6) is 0.363. The zero-order chi connectivity index (χ0) is 15.1. The number of benzene rings is 1. The van der Waals surface area contributed by atoms with Crippen LogP contribution >= 0.6 is 0 Å². The van der Waals surface area contributed by atoms with Crippen molar-refractivity contribution in [2.24, 2.45) is 4.99 Å². The normalized spacial score (nSPS) is 16.6. The van der Waals surface area contributed by atoms with Gasteiger partial charge in [-0.25, -0.2) is 4.39 Å². The third-order valence-electron chi connectivity index (χ3n) is 3.19. The molecule has 1 atom stereocenters. The summed E-state index contributed by atoms with van der Waals surface area (Å²) in [5, 5.41) is 16.5. The molecule has 1 aliphatic carbocycles. The van der Waals surface area contributed by atoms with Gasteiger partial charge in [-0.15, -0.1) is 0 Å². The second-order valence-electron chi connectivity index (χ2n) is 5.09. The minimum Gasteiger partial charge on any atom is -0.386 e. The van der Waals surface area contributed by atoms with Crippen LogP contribution in [0.15, 0.2) is 29.3 Å². The minimum absolute atomic E-state index is 0.223. The van der Waals surface area contributed by atoms with Crippen LogP contribution in [0.1, 0.15) is 24.5 Å². The Hall–Kier alpha value is -1.66. The maximum absolute atomic E-state index is 12.8. The van der Waals surface area contributed by atoms with E-state index in [-0.39, 0.29) is 12.4 Å². The molecule has 1 saturated carbocycles. The number of nitrogens with zero attached hydrogens (tertiary/aromatic N) is 1. The number of hydrogen-bond acceptors (Lipinski definition) is 3. The largest absolute Gasteiger partial charge is 0.386 e. The van der Waals surface area contributed by atoms with E-state index in [4.69, 9.17) is 4.74 Å². The van der Waals surface area contributed by atoms with Crippen LogP contribution in [0.25, 0.3) is 0 Å². The molecule has 0 heterocycles. The average Bonchev–Trinajstić information content (AvgIpc) is 3.29. The summed E-state index contributed by atoms with van der Waals surface area (Å²) in [7, 11) is 1.64. The lowest BCUT2D eigenvalue weighted by molar-refractivity contribution is 0.186. The van der Waals surface area contributed by atoms with Crippen LogP contribution < -0.4 is 10.6 Å². The van der Waals surface area contributed by atoms with Gasteiger partial charge in [0.05, 0.1) is 19.3 Å². The standard InChI is InChI=1S/C15H22FN3O2/c1-21-9-8-17-15(19-13-6-7-13)18-10-14(20)11-2-4-12(16)5-3-11/h2-5,13-14,20H,6-10H2,1H3,(H2,17,18,19). The van der Waals surface area contributed by atoms with Gasteiger partial charge in [-0.1, -0.05) is 12.1 Å². The van der Waals surface area contributed by atoms with Gasteiger partial charge in [0.15, 0.2) is 5.96 Å². The van der Waals surface area contributed by atoms with Crippen molar-refractivity contribution in [3.8, 4) is 0 Å². The molecule has 1 aromatic rings. The lowest BCUT2D eigenvalue weighted by Gasteiger charge is -2.13. The van der Waals surface area contributed by atoms with E-state index in [9.17, 15) is 9.50 Å². The smallest absolute Gasteiger partial charge is 0.191 e. The fourth-order valence-electron chi connectivity index (χ4n) is 1.81. The maximum Gasteiger partial charge on any atom is 0.191 e. The molecular weight excluding hydrogens is 273 g/mol. The van der Waals surface area contributed by atoms with Gasteiger partial charge in [-0.3, -0.25) is 4.99 Å². The molecule has 0 radical (unpaired) electrons. The number of methoxy groups -OCH3 is 1. The Kier molecular flexibility index (Phi) is 5.95. The number of ether oxygens (including phenoxy) is 1. The number of nitrogens with one attached hydrogen (secondary N) is 2. The first-order valence-corrected chi connectivity index (χ1v) is 7.16. The van der Waals surface area contributed by atoms with Gasteiger partial charge < -0.3 is 20.5 Å². The van der Waals surface area contributed by atoms with E-state index in [2.05, 4.69) is 15.6 Å². The second kappa shape index (κ2) is 7.95. The molecule has 116 valence electrons. The Morgan fingerprint density at radius 3 is 2.76 bits per heavy atom. The van der Waals surface area contributed by atoms with E-state index in [1.807, 2.05) is 0 Å². The molecule has 5 nitrogen and oxygen atoms in total. The molecule has 1 aliphatic rings. The molecule has 21 heavy (non-hydrogen) atoms. The first-order valence-electron chi connectivity index (χ1n) is 7.16. The molecule has 3 N–H and O–H groups in total. The van der Waals surface area contributed by atoms with E-state index >= 15 is 0 Å².